The van der Waals surface area contributed by atoms with E-state index in [1.54, 1.807) is 13.8 Å². The lowest BCUT2D eigenvalue weighted by Crippen LogP contribution is -2.41. The Bertz CT molecular complexity index is 360. The monoisotopic (exact) mass is 254 g/mol. The van der Waals surface area contributed by atoms with Crippen molar-refractivity contribution in [3.63, 3.8) is 0 Å². The highest BCUT2D eigenvalue weighted by atomic mass is 16.3. The third kappa shape index (κ3) is 2.36. The second-order valence-corrected chi connectivity index (χ2v) is 7.16. The van der Waals surface area contributed by atoms with E-state index >= 15 is 0 Å². The lowest BCUT2D eigenvalue weighted by molar-refractivity contribution is -0.0525. The molecule has 0 amide bonds. The van der Waals surface area contributed by atoms with Gasteiger partial charge in [-0.25, -0.2) is 0 Å². The average Bonchev–Trinajstić information content (AvgIpc) is 2.37. The molecule has 104 valence electrons. The molecule has 1 fully saturated rings. The Morgan fingerprint density at radius 1 is 1.17 bits per heavy atom. The van der Waals surface area contributed by atoms with Crippen molar-refractivity contribution in [2.45, 2.75) is 70.2 Å². The number of aliphatic hydroxyl groups is 3. The molecule has 0 aliphatic heterocycles. The summed E-state index contributed by atoms with van der Waals surface area (Å²) in [6.45, 7) is 7.27. The number of hydrogen-bond acceptors (Lipinski definition) is 3. The summed E-state index contributed by atoms with van der Waals surface area (Å²) in [4.78, 5) is 0. The van der Waals surface area contributed by atoms with Crippen LogP contribution in [0.3, 0.4) is 0 Å². The third-order valence-electron chi connectivity index (χ3n) is 5.03. The van der Waals surface area contributed by atoms with Crippen molar-refractivity contribution in [1.82, 2.24) is 0 Å². The molecular formula is C15H26O3. The van der Waals surface area contributed by atoms with Gasteiger partial charge in [-0.1, -0.05) is 6.08 Å². The van der Waals surface area contributed by atoms with Crippen LogP contribution < -0.4 is 0 Å². The molecule has 0 bridgehead atoms. The maximum atomic E-state index is 10.6. The zero-order valence-electron chi connectivity index (χ0n) is 11.9. The van der Waals surface area contributed by atoms with Crippen LogP contribution in [0.1, 0.15) is 53.4 Å². The first kappa shape index (κ1) is 14.0. The molecule has 0 radical (unpaired) electrons. The molecule has 0 aromatic heterocycles. The highest BCUT2D eigenvalue weighted by Crippen LogP contribution is 2.51. The molecule has 0 aromatic carbocycles. The van der Waals surface area contributed by atoms with Gasteiger partial charge in [-0.05, 0) is 70.8 Å². The van der Waals surface area contributed by atoms with Crippen LogP contribution in [0.25, 0.3) is 0 Å². The zero-order chi connectivity index (χ0) is 13.8. The Morgan fingerprint density at radius 3 is 2.33 bits per heavy atom. The Kier molecular flexibility index (Phi) is 3.16. The lowest BCUT2D eigenvalue weighted by Gasteiger charge is -2.36. The normalized spacial score (nSPS) is 45.4. The first-order valence-corrected chi connectivity index (χ1v) is 6.91. The molecule has 18 heavy (non-hydrogen) atoms. The fourth-order valence-electron chi connectivity index (χ4n) is 3.68. The Labute approximate surface area is 110 Å². The van der Waals surface area contributed by atoms with E-state index in [1.165, 1.54) is 0 Å². The van der Waals surface area contributed by atoms with E-state index in [1.807, 2.05) is 19.9 Å². The van der Waals surface area contributed by atoms with Crippen molar-refractivity contribution in [3.05, 3.63) is 11.6 Å². The molecule has 3 heteroatoms. The van der Waals surface area contributed by atoms with E-state index in [9.17, 15) is 15.3 Å². The minimum absolute atomic E-state index is 0.0349. The summed E-state index contributed by atoms with van der Waals surface area (Å²) in [5.41, 5.74) is -1.44. The maximum absolute atomic E-state index is 10.6. The molecule has 4 unspecified atom stereocenters. The van der Waals surface area contributed by atoms with Gasteiger partial charge in [0.15, 0.2) is 0 Å². The molecular weight excluding hydrogens is 228 g/mol. The van der Waals surface area contributed by atoms with Gasteiger partial charge in [-0.2, -0.15) is 0 Å². The van der Waals surface area contributed by atoms with Crippen molar-refractivity contribution < 1.29 is 15.3 Å². The minimum Gasteiger partial charge on any atom is -0.390 e. The molecule has 2 rings (SSSR count). The van der Waals surface area contributed by atoms with Crippen LogP contribution in [0.4, 0.5) is 0 Å². The van der Waals surface area contributed by atoms with Gasteiger partial charge >= 0.3 is 0 Å². The summed E-state index contributed by atoms with van der Waals surface area (Å²) in [7, 11) is 0. The molecule has 0 aromatic rings. The smallest absolute Gasteiger partial charge is 0.0800 e. The topological polar surface area (TPSA) is 60.7 Å². The lowest BCUT2D eigenvalue weighted by atomic mass is 9.75. The largest absolute Gasteiger partial charge is 0.390 e. The van der Waals surface area contributed by atoms with E-state index in [0.29, 0.717) is 12.8 Å². The van der Waals surface area contributed by atoms with Crippen LogP contribution in [0, 0.1) is 11.8 Å². The van der Waals surface area contributed by atoms with Gasteiger partial charge in [0.2, 0.25) is 0 Å². The Morgan fingerprint density at radius 2 is 1.78 bits per heavy atom. The number of rotatable bonds is 1. The van der Waals surface area contributed by atoms with Crippen LogP contribution in [-0.4, -0.2) is 32.1 Å². The van der Waals surface area contributed by atoms with E-state index in [-0.39, 0.29) is 11.8 Å². The number of hydrogen-bond donors (Lipinski definition) is 3. The van der Waals surface area contributed by atoms with E-state index in [4.69, 9.17) is 0 Å². The third-order valence-corrected chi connectivity index (χ3v) is 5.03. The molecule has 0 saturated heterocycles. The quantitative estimate of drug-likeness (QED) is 0.627. The van der Waals surface area contributed by atoms with Gasteiger partial charge in [0.05, 0.1) is 16.8 Å². The second-order valence-electron chi connectivity index (χ2n) is 7.16. The Hall–Kier alpha value is -0.380. The van der Waals surface area contributed by atoms with Gasteiger partial charge in [0.1, 0.15) is 0 Å². The van der Waals surface area contributed by atoms with Crippen LogP contribution in [0.2, 0.25) is 0 Å². The van der Waals surface area contributed by atoms with Crippen LogP contribution in [0.15, 0.2) is 11.6 Å². The van der Waals surface area contributed by atoms with Gasteiger partial charge < -0.3 is 15.3 Å². The second kappa shape index (κ2) is 4.06. The van der Waals surface area contributed by atoms with Crippen LogP contribution in [-0.2, 0) is 0 Å². The average molecular weight is 254 g/mol. The Balaban J connectivity index is 2.36. The summed E-state index contributed by atoms with van der Waals surface area (Å²) in [5.74, 6) is 0.149. The highest BCUT2D eigenvalue weighted by molar-refractivity contribution is 5.21. The standard InChI is InChI=1S/C15H26O3/c1-13(2,16)10-5-7-14(3,17)11-6-8-15(4,18)12(11)9-10/h5,11-12,16-18H,6-9H2,1-4H3. The fourth-order valence-corrected chi connectivity index (χ4v) is 3.68. The summed E-state index contributed by atoms with van der Waals surface area (Å²) in [6, 6.07) is 0. The maximum Gasteiger partial charge on any atom is 0.0800 e. The first-order valence-electron chi connectivity index (χ1n) is 6.91. The molecule has 3 N–H and O–H groups in total. The summed E-state index contributed by atoms with van der Waals surface area (Å²) >= 11 is 0. The van der Waals surface area contributed by atoms with Gasteiger partial charge in [-0.3, -0.25) is 0 Å². The van der Waals surface area contributed by atoms with Crippen molar-refractivity contribution in [1.29, 1.82) is 0 Å². The first-order chi connectivity index (χ1) is 8.04. The van der Waals surface area contributed by atoms with Crippen molar-refractivity contribution in [2.24, 2.45) is 11.8 Å². The molecule has 3 nitrogen and oxygen atoms in total. The predicted molar refractivity (Wildman–Crippen MR) is 71.1 cm³/mol. The molecule has 2 aliphatic rings. The molecule has 0 heterocycles. The van der Waals surface area contributed by atoms with Crippen molar-refractivity contribution >= 4 is 0 Å². The molecule has 4 atom stereocenters. The summed E-state index contributed by atoms with van der Waals surface area (Å²) < 4.78 is 0. The van der Waals surface area contributed by atoms with Crippen molar-refractivity contribution in [2.75, 3.05) is 0 Å². The fraction of sp³-hybridized carbons (Fsp3) is 0.867. The van der Waals surface area contributed by atoms with Crippen molar-refractivity contribution in [3.8, 4) is 0 Å². The minimum atomic E-state index is -0.871. The highest BCUT2D eigenvalue weighted by Gasteiger charge is 2.52. The van der Waals surface area contributed by atoms with Gasteiger partial charge in [0, 0.05) is 0 Å². The van der Waals surface area contributed by atoms with Gasteiger partial charge in [-0.15, -0.1) is 0 Å². The molecule has 1 saturated carbocycles. The predicted octanol–water partition coefficient (Wildman–Crippen LogP) is 2.01. The van der Waals surface area contributed by atoms with Crippen LogP contribution in [0.5, 0.6) is 0 Å². The van der Waals surface area contributed by atoms with E-state index in [0.717, 1.165) is 18.4 Å². The summed E-state index contributed by atoms with van der Waals surface area (Å²) in [5, 5.41) is 31.3. The van der Waals surface area contributed by atoms with Gasteiger partial charge in [0.25, 0.3) is 0 Å². The van der Waals surface area contributed by atoms with E-state index in [2.05, 4.69) is 0 Å². The molecule has 0 spiro atoms. The van der Waals surface area contributed by atoms with E-state index < -0.39 is 16.8 Å². The zero-order valence-corrected chi connectivity index (χ0v) is 11.9. The number of fused-ring (bicyclic) bond motifs is 1. The molecule has 2 aliphatic carbocycles. The SMILES string of the molecule is CC(C)(O)C1=CCC(C)(O)C2CCC(C)(O)C2C1. The summed E-state index contributed by atoms with van der Waals surface area (Å²) in [6.07, 6.45) is 4.80. The van der Waals surface area contributed by atoms with Crippen LogP contribution >= 0.6 is 0 Å².